The number of fused-ring (bicyclic) bond motifs is 4. The topological polar surface area (TPSA) is 137 Å². The lowest BCUT2D eigenvalue weighted by Gasteiger charge is -2.53. The SMILES string of the molecule is CCN1CCCC1c1cc(OCc2ccccc2)c2c(c1Cl)C[C@H]1C[C@H]3[C@H](N)c4onc(OCc5ccccc5)c4C(=O)[C@@]3(O[Si](C)(C)C(C)(C)C)C(=O)C1=C2O. The molecule has 1 aliphatic heterocycles. The Labute approximate surface area is 340 Å². The zero-order chi connectivity index (χ0) is 40.4. The molecule has 3 N–H and O–H groups in total. The Morgan fingerprint density at radius 1 is 1.00 bits per heavy atom. The van der Waals surface area contributed by atoms with E-state index in [1.165, 1.54) is 0 Å². The Balaban J connectivity index is 1.28. The van der Waals surface area contributed by atoms with Crippen molar-refractivity contribution in [3.8, 4) is 11.6 Å². The van der Waals surface area contributed by atoms with E-state index in [1.807, 2.05) is 79.8 Å². The second kappa shape index (κ2) is 14.8. The van der Waals surface area contributed by atoms with Crippen LogP contribution in [0.5, 0.6) is 11.6 Å². The van der Waals surface area contributed by atoms with Crippen LogP contribution in [0.3, 0.4) is 0 Å². The molecule has 12 heteroatoms. The number of hydrogen-bond donors (Lipinski definition) is 2. The van der Waals surface area contributed by atoms with Crippen LogP contribution in [0.4, 0.5) is 0 Å². The fourth-order valence-corrected chi connectivity index (χ4v) is 10.9. The van der Waals surface area contributed by atoms with E-state index in [4.69, 9.17) is 35.8 Å². The van der Waals surface area contributed by atoms with Crippen LogP contribution in [0, 0.1) is 11.8 Å². The van der Waals surface area contributed by atoms with Crippen LogP contribution in [-0.4, -0.2) is 53.7 Å². The first-order valence-corrected chi connectivity index (χ1v) is 23.4. The van der Waals surface area contributed by atoms with Crippen molar-refractivity contribution in [2.45, 2.75) is 102 Å². The van der Waals surface area contributed by atoms with Crippen LogP contribution in [-0.2, 0) is 28.9 Å². The molecule has 1 saturated heterocycles. The summed E-state index contributed by atoms with van der Waals surface area (Å²) in [5, 5.41) is 17.0. The molecule has 4 aliphatic rings. The first-order chi connectivity index (χ1) is 27.2. The van der Waals surface area contributed by atoms with Crippen LogP contribution >= 0.6 is 11.6 Å². The van der Waals surface area contributed by atoms with Gasteiger partial charge < -0.3 is 29.3 Å². The molecule has 2 heterocycles. The summed E-state index contributed by atoms with van der Waals surface area (Å²) in [6, 6.07) is 20.4. The van der Waals surface area contributed by atoms with Gasteiger partial charge in [0.1, 0.15) is 30.3 Å². The second-order valence-corrected chi connectivity index (χ2v) is 22.6. The number of Topliss-reactive ketones (excluding diaryl/α,β-unsaturated/α-hetero) is 2. The predicted octanol–water partition coefficient (Wildman–Crippen LogP) is 9.33. The molecule has 1 saturated carbocycles. The van der Waals surface area contributed by atoms with Gasteiger partial charge in [-0.05, 0) is 96.3 Å². The highest BCUT2D eigenvalue weighted by atomic mass is 35.5. The van der Waals surface area contributed by atoms with Gasteiger partial charge in [0.25, 0.3) is 5.88 Å². The Hall–Kier alpha value is -4.26. The third-order valence-electron chi connectivity index (χ3n) is 13.1. The lowest BCUT2D eigenvalue weighted by molar-refractivity contribution is -0.138. The third kappa shape index (κ3) is 6.55. The van der Waals surface area contributed by atoms with E-state index < -0.39 is 43.4 Å². The van der Waals surface area contributed by atoms with Gasteiger partial charge in [0, 0.05) is 22.6 Å². The number of ether oxygens (including phenoxy) is 2. The summed E-state index contributed by atoms with van der Waals surface area (Å²) in [6.45, 7) is 14.5. The van der Waals surface area contributed by atoms with Crippen molar-refractivity contribution >= 4 is 37.2 Å². The molecule has 8 rings (SSSR count). The fourth-order valence-electron chi connectivity index (χ4n) is 9.13. The van der Waals surface area contributed by atoms with Gasteiger partial charge in [-0.1, -0.05) is 100.0 Å². The van der Waals surface area contributed by atoms with E-state index in [0.29, 0.717) is 22.8 Å². The number of carbonyl (C=O) groups excluding carboxylic acids is 2. The van der Waals surface area contributed by atoms with Crippen molar-refractivity contribution < 1.29 is 33.1 Å². The summed E-state index contributed by atoms with van der Waals surface area (Å²) < 4.78 is 25.7. The van der Waals surface area contributed by atoms with Crippen molar-refractivity contribution in [3.63, 3.8) is 0 Å². The number of ketones is 2. The predicted molar refractivity (Wildman–Crippen MR) is 221 cm³/mol. The monoisotopic (exact) mass is 809 g/mol. The molecule has 2 fully saturated rings. The molecule has 3 aliphatic carbocycles. The van der Waals surface area contributed by atoms with Gasteiger partial charge in [0.05, 0.1) is 11.6 Å². The van der Waals surface area contributed by atoms with Crippen molar-refractivity contribution in [3.05, 3.63) is 116 Å². The Morgan fingerprint density at radius 2 is 1.65 bits per heavy atom. The van der Waals surface area contributed by atoms with Gasteiger partial charge >= 0.3 is 0 Å². The largest absolute Gasteiger partial charge is 0.507 e. The number of nitrogens with zero attached hydrogens (tertiary/aromatic N) is 2. The molecular weight excluding hydrogens is 758 g/mol. The minimum atomic E-state index is -2.91. The molecule has 1 aromatic heterocycles. The molecule has 0 bridgehead atoms. The van der Waals surface area contributed by atoms with E-state index in [1.54, 1.807) is 0 Å². The lowest BCUT2D eigenvalue weighted by Crippen LogP contribution is -2.68. The van der Waals surface area contributed by atoms with E-state index in [-0.39, 0.29) is 59.3 Å². The normalized spacial score (nSPS) is 24.8. The molecule has 10 nitrogen and oxygen atoms in total. The Bertz CT molecular complexity index is 2230. The number of carbonyl (C=O) groups is 2. The second-order valence-electron chi connectivity index (χ2n) is 17.5. The Morgan fingerprint density at radius 3 is 2.28 bits per heavy atom. The van der Waals surface area contributed by atoms with E-state index >= 15 is 9.59 Å². The molecule has 57 heavy (non-hydrogen) atoms. The number of benzene rings is 3. The molecule has 4 aromatic rings. The summed E-state index contributed by atoms with van der Waals surface area (Å²) in [7, 11) is -2.91. The smallest absolute Gasteiger partial charge is 0.265 e. The third-order valence-corrected chi connectivity index (χ3v) is 18.0. The molecule has 0 amide bonds. The number of rotatable bonds is 10. The van der Waals surface area contributed by atoms with E-state index in [2.05, 4.69) is 37.8 Å². The zero-order valence-corrected chi connectivity index (χ0v) is 35.3. The maximum atomic E-state index is 15.7. The average molecular weight is 810 g/mol. The molecule has 3 aromatic carbocycles. The number of likely N-dealkylation sites (tertiary alicyclic amines) is 1. The summed E-state index contributed by atoms with van der Waals surface area (Å²) in [4.78, 5) is 33.5. The van der Waals surface area contributed by atoms with Gasteiger partial charge in [0.2, 0.25) is 11.6 Å². The van der Waals surface area contributed by atoms with E-state index in [9.17, 15) is 5.11 Å². The van der Waals surface area contributed by atoms with Crippen molar-refractivity contribution in [2.24, 2.45) is 17.6 Å². The van der Waals surface area contributed by atoms with Crippen LogP contribution in [0.2, 0.25) is 23.2 Å². The fraction of sp³-hybridized carbons (Fsp3) is 0.444. The first-order valence-electron chi connectivity index (χ1n) is 20.1. The summed E-state index contributed by atoms with van der Waals surface area (Å²) in [5.41, 5.74) is 9.06. The van der Waals surface area contributed by atoms with Crippen molar-refractivity contribution in [1.82, 2.24) is 10.1 Å². The number of aromatic nitrogens is 1. The zero-order valence-electron chi connectivity index (χ0n) is 33.6. The molecule has 5 atom stereocenters. The summed E-state index contributed by atoms with van der Waals surface area (Å²) >= 11 is 7.41. The first kappa shape index (κ1) is 39.6. The van der Waals surface area contributed by atoms with Gasteiger partial charge in [-0.25, -0.2) is 0 Å². The van der Waals surface area contributed by atoms with Crippen molar-refractivity contribution in [2.75, 3.05) is 13.1 Å². The van der Waals surface area contributed by atoms with Crippen molar-refractivity contribution in [1.29, 1.82) is 0 Å². The summed E-state index contributed by atoms with van der Waals surface area (Å²) in [5.74, 6) is -2.21. The summed E-state index contributed by atoms with van der Waals surface area (Å²) in [6.07, 6.45) is 2.60. The van der Waals surface area contributed by atoms with Crippen LogP contribution < -0.4 is 15.2 Å². The minimum Gasteiger partial charge on any atom is -0.507 e. The Kier molecular flexibility index (Phi) is 10.3. The highest BCUT2D eigenvalue weighted by molar-refractivity contribution is 6.74. The average Bonchev–Trinajstić information content (AvgIpc) is 3.85. The lowest BCUT2D eigenvalue weighted by atomic mass is 9.57. The van der Waals surface area contributed by atoms with Crippen LogP contribution in [0.15, 0.2) is 76.8 Å². The minimum absolute atomic E-state index is 0.00750. The number of aliphatic hydroxyl groups is 1. The number of halogens is 1. The number of aliphatic hydroxyl groups excluding tert-OH is 1. The maximum Gasteiger partial charge on any atom is 0.265 e. The highest BCUT2D eigenvalue weighted by Crippen LogP contribution is 2.58. The molecule has 1 unspecified atom stereocenters. The standard InChI is InChI=1S/C45H52ClN3O7Si/c1-7-49-20-14-19-32(49)29-23-33(53-24-26-15-10-8-11-16-26)35-30(37(29)46)21-28-22-31-38(47)40-36(43(48-55-40)54-25-27-17-12-9-13-18-27)42(52)45(31,41(51)34(28)39(35)50)56-57(5,6)44(2,3)4/h8-13,15-18,23,28,31-32,38,50H,7,14,19-22,24-25,47H2,1-6H3/t28-,31-,32?,38-,45-/m0/s1. The van der Waals surface area contributed by atoms with Gasteiger partial charge in [-0.3, -0.25) is 14.5 Å². The van der Waals surface area contributed by atoms with Gasteiger partial charge in [-0.15, -0.1) is 0 Å². The number of nitrogens with two attached hydrogens (primary N) is 1. The molecule has 0 spiro atoms. The quantitative estimate of drug-likeness (QED) is 0.118. The van der Waals surface area contributed by atoms with Crippen LogP contribution in [0.1, 0.15) is 103 Å². The maximum absolute atomic E-state index is 15.7. The number of hydrogen-bond acceptors (Lipinski definition) is 10. The molecule has 0 radical (unpaired) electrons. The van der Waals surface area contributed by atoms with Gasteiger partial charge in [-0.2, -0.15) is 0 Å². The molecular formula is C45H52ClN3O7Si. The van der Waals surface area contributed by atoms with E-state index in [0.717, 1.165) is 48.2 Å². The highest BCUT2D eigenvalue weighted by Gasteiger charge is 2.68. The van der Waals surface area contributed by atoms with Gasteiger partial charge in [0.15, 0.2) is 19.7 Å². The molecule has 300 valence electrons. The van der Waals surface area contributed by atoms with Crippen LogP contribution in [0.25, 0.3) is 5.76 Å².